The molecule has 0 saturated carbocycles. The second kappa shape index (κ2) is 8.95. The predicted molar refractivity (Wildman–Crippen MR) is 99.8 cm³/mol. The molecule has 0 radical (unpaired) electrons. The van der Waals surface area contributed by atoms with Gasteiger partial charge in [-0.05, 0) is 58.2 Å². The van der Waals surface area contributed by atoms with Crippen LogP contribution in [0.5, 0.6) is 11.5 Å². The standard InChI is InChI=1S/C17H16BrN3O5/c1-11-3-5-16(14(7-11)21(23)24)26-10-17(22)20-19-9-12-4-6-15(25-2)13(18)8-12/h3-9H,10H2,1-2H3,(H,20,22)/b19-9+. The summed E-state index contributed by atoms with van der Waals surface area (Å²) in [5, 5.41) is 14.8. The smallest absolute Gasteiger partial charge is 0.311 e. The second-order valence-corrected chi connectivity index (χ2v) is 6.06. The number of halogens is 1. The van der Waals surface area contributed by atoms with Crippen molar-refractivity contribution in [2.24, 2.45) is 5.10 Å². The van der Waals surface area contributed by atoms with Gasteiger partial charge in [-0.2, -0.15) is 5.10 Å². The number of methoxy groups -OCH3 is 1. The Morgan fingerprint density at radius 1 is 1.31 bits per heavy atom. The van der Waals surface area contributed by atoms with Crippen molar-refractivity contribution in [3.05, 3.63) is 62.1 Å². The van der Waals surface area contributed by atoms with Crippen molar-refractivity contribution >= 4 is 33.7 Å². The molecule has 0 aromatic heterocycles. The molecular formula is C17H16BrN3O5. The van der Waals surface area contributed by atoms with Crippen LogP contribution in [0, 0.1) is 17.0 Å². The number of hydrazone groups is 1. The van der Waals surface area contributed by atoms with Gasteiger partial charge in [0, 0.05) is 6.07 Å². The lowest BCUT2D eigenvalue weighted by molar-refractivity contribution is -0.385. The molecule has 0 atom stereocenters. The molecule has 0 spiro atoms. The molecular weight excluding hydrogens is 406 g/mol. The monoisotopic (exact) mass is 421 g/mol. The third-order valence-electron chi connectivity index (χ3n) is 3.25. The summed E-state index contributed by atoms with van der Waals surface area (Å²) < 4.78 is 11.1. The van der Waals surface area contributed by atoms with Gasteiger partial charge in [0.15, 0.2) is 12.4 Å². The van der Waals surface area contributed by atoms with E-state index in [2.05, 4.69) is 26.5 Å². The quantitative estimate of drug-likeness (QED) is 0.419. The van der Waals surface area contributed by atoms with E-state index in [1.165, 1.54) is 18.3 Å². The molecule has 0 fully saturated rings. The minimum absolute atomic E-state index is 0.0267. The number of nitrogens with one attached hydrogen (secondary N) is 1. The average Bonchev–Trinajstić information content (AvgIpc) is 2.60. The van der Waals surface area contributed by atoms with E-state index in [0.29, 0.717) is 5.75 Å². The Morgan fingerprint density at radius 3 is 2.69 bits per heavy atom. The number of benzene rings is 2. The molecule has 0 aliphatic heterocycles. The average molecular weight is 422 g/mol. The normalized spacial score (nSPS) is 10.6. The highest BCUT2D eigenvalue weighted by Crippen LogP contribution is 2.27. The van der Waals surface area contributed by atoms with Crippen molar-refractivity contribution in [3.63, 3.8) is 0 Å². The maximum Gasteiger partial charge on any atom is 0.311 e. The van der Waals surface area contributed by atoms with Crippen LogP contribution in [0.25, 0.3) is 0 Å². The molecule has 0 heterocycles. The number of rotatable bonds is 7. The summed E-state index contributed by atoms with van der Waals surface area (Å²) in [7, 11) is 1.56. The molecule has 0 saturated heterocycles. The number of hydrogen-bond acceptors (Lipinski definition) is 6. The van der Waals surface area contributed by atoms with E-state index in [4.69, 9.17) is 9.47 Å². The third kappa shape index (κ3) is 5.28. The first-order chi connectivity index (χ1) is 12.4. The summed E-state index contributed by atoms with van der Waals surface area (Å²) in [5.41, 5.74) is 3.58. The van der Waals surface area contributed by atoms with Crippen LogP contribution in [0.4, 0.5) is 5.69 Å². The summed E-state index contributed by atoms with van der Waals surface area (Å²) >= 11 is 3.35. The number of amides is 1. The molecule has 136 valence electrons. The molecule has 0 aliphatic rings. The van der Waals surface area contributed by atoms with E-state index in [9.17, 15) is 14.9 Å². The van der Waals surface area contributed by atoms with Gasteiger partial charge in [-0.25, -0.2) is 5.43 Å². The Bertz CT molecular complexity index is 854. The van der Waals surface area contributed by atoms with E-state index < -0.39 is 17.4 Å². The molecule has 2 aromatic carbocycles. The Hall–Kier alpha value is -2.94. The third-order valence-corrected chi connectivity index (χ3v) is 3.87. The molecule has 0 aliphatic carbocycles. The summed E-state index contributed by atoms with van der Waals surface area (Å²) in [6, 6.07) is 9.81. The molecule has 26 heavy (non-hydrogen) atoms. The van der Waals surface area contributed by atoms with Gasteiger partial charge >= 0.3 is 5.69 Å². The van der Waals surface area contributed by atoms with Gasteiger partial charge in [-0.1, -0.05) is 6.07 Å². The van der Waals surface area contributed by atoms with Gasteiger partial charge in [0.2, 0.25) is 0 Å². The number of ether oxygens (including phenoxy) is 2. The van der Waals surface area contributed by atoms with Crippen LogP contribution in [0.15, 0.2) is 46.0 Å². The van der Waals surface area contributed by atoms with E-state index in [1.807, 2.05) is 0 Å². The van der Waals surface area contributed by atoms with E-state index >= 15 is 0 Å². The van der Waals surface area contributed by atoms with Crippen LogP contribution in [0.3, 0.4) is 0 Å². The fourth-order valence-corrected chi connectivity index (χ4v) is 2.57. The number of carbonyl (C=O) groups excluding carboxylic acids is 1. The molecule has 2 rings (SSSR count). The highest BCUT2D eigenvalue weighted by Gasteiger charge is 2.16. The maximum atomic E-state index is 11.8. The minimum atomic E-state index is -0.556. The zero-order chi connectivity index (χ0) is 19.1. The van der Waals surface area contributed by atoms with E-state index in [0.717, 1.165) is 15.6 Å². The Morgan fingerprint density at radius 2 is 2.04 bits per heavy atom. The number of nitro groups is 1. The first-order valence-corrected chi connectivity index (χ1v) is 8.23. The lowest BCUT2D eigenvalue weighted by atomic mass is 10.2. The first-order valence-electron chi connectivity index (χ1n) is 7.44. The number of nitro benzene ring substituents is 1. The molecule has 0 unspecified atom stereocenters. The van der Waals surface area contributed by atoms with E-state index in [-0.39, 0.29) is 11.4 Å². The van der Waals surface area contributed by atoms with Crippen LogP contribution in [-0.4, -0.2) is 30.8 Å². The lowest BCUT2D eigenvalue weighted by Crippen LogP contribution is -2.24. The summed E-state index contributed by atoms with van der Waals surface area (Å²) in [4.78, 5) is 22.2. The molecule has 9 heteroatoms. The van der Waals surface area contributed by atoms with Gasteiger partial charge in [-0.3, -0.25) is 14.9 Å². The molecule has 1 N–H and O–H groups in total. The molecule has 1 amide bonds. The fraction of sp³-hybridized carbons (Fsp3) is 0.176. The van der Waals surface area contributed by atoms with Gasteiger partial charge < -0.3 is 9.47 Å². The SMILES string of the molecule is COc1ccc(/C=N/NC(=O)COc2ccc(C)cc2[N+](=O)[O-])cc1Br. The van der Waals surface area contributed by atoms with Crippen molar-refractivity contribution in [2.75, 3.05) is 13.7 Å². The van der Waals surface area contributed by atoms with Gasteiger partial charge in [0.05, 0.1) is 22.7 Å². The molecule has 8 nitrogen and oxygen atoms in total. The number of carbonyl (C=O) groups is 1. The van der Waals surface area contributed by atoms with Crippen LogP contribution < -0.4 is 14.9 Å². The largest absolute Gasteiger partial charge is 0.496 e. The van der Waals surface area contributed by atoms with Gasteiger partial charge in [0.25, 0.3) is 5.91 Å². The van der Waals surface area contributed by atoms with Crippen LogP contribution in [0.2, 0.25) is 0 Å². The number of hydrogen-bond donors (Lipinski definition) is 1. The van der Waals surface area contributed by atoms with Crippen molar-refractivity contribution in [3.8, 4) is 11.5 Å². The van der Waals surface area contributed by atoms with Gasteiger partial charge in [0.1, 0.15) is 5.75 Å². The Kier molecular flexibility index (Phi) is 6.67. The predicted octanol–water partition coefficient (Wildman–Crippen LogP) is 3.20. The fourth-order valence-electron chi connectivity index (χ4n) is 2.01. The summed E-state index contributed by atoms with van der Waals surface area (Å²) in [6.45, 7) is 1.34. The highest BCUT2D eigenvalue weighted by atomic mass is 79.9. The molecule has 2 aromatic rings. The maximum absolute atomic E-state index is 11.8. The van der Waals surface area contributed by atoms with Crippen LogP contribution >= 0.6 is 15.9 Å². The van der Waals surface area contributed by atoms with Crippen LogP contribution in [0.1, 0.15) is 11.1 Å². The highest BCUT2D eigenvalue weighted by molar-refractivity contribution is 9.10. The Labute approximate surface area is 158 Å². The first kappa shape index (κ1) is 19.4. The molecule has 0 bridgehead atoms. The zero-order valence-electron chi connectivity index (χ0n) is 14.1. The lowest BCUT2D eigenvalue weighted by Gasteiger charge is -2.06. The van der Waals surface area contributed by atoms with Crippen molar-refractivity contribution in [2.45, 2.75) is 6.92 Å². The van der Waals surface area contributed by atoms with Gasteiger partial charge in [-0.15, -0.1) is 0 Å². The summed E-state index contributed by atoms with van der Waals surface area (Å²) in [5.74, 6) is 0.168. The van der Waals surface area contributed by atoms with Crippen LogP contribution in [-0.2, 0) is 4.79 Å². The van der Waals surface area contributed by atoms with E-state index in [1.54, 1.807) is 38.3 Å². The second-order valence-electron chi connectivity index (χ2n) is 5.20. The topological polar surface area (TPSA) is 103 Å². The van der Waals surface area contributed by atoms with Crippen molar-refractivity contribution < 1.29 is 19.2 Å². The number of nitrogens with zero attached hydrogens (tertiary/aromatic N) is 2. The van der Waals surface area contributed by atoms with Crippen molar-refractivity contribution in [1.29, 1.82) is 0 Å². The summed E-state index contributed by atoms with van der Waals surface area (Å²) in [6.07, 6.45) is 1.45. The van der Waals surface area contributed by atoms with Crippen molar-refractivity contribution in [1.82, 2.24) is 5.43 Å². The Balaban J connectivity index is 1.91. The minimum Gasteiger partial charge on any atom is -0.496 e. The number of aryl methyl sites for hydroxylation is 1. The zero-order valence-corrected chi connectivity index (χ0v) is 15.6.